The Labute approximate surface area is 119 Å². The zero-order valence-corrected chi connectivity index (χ0v) is 12.4. The van der Waals surface area contributed by atoms with Crippen LogP contribution < -0.4 is 0 Å². The van der Waals surface area contributed by atoms with Gasteiger partial charge < -0.3 is 9.84 Å². The number of hydrogen-bond acceptors (Lipinski definition) is 4. The Kier molecular flexibility index (Phi) is 16.6. The smallest absolute Gasteiger partial charge is 0.338 e. The van der Waals surface area contributed by atoms with E-state index in [0.717, 1.165) is 18.2 Å². The van der Waals surface area contributed by atoms with Crippen LogP contribution in [0.15, 0.2) is 49.1 Å². The van der Waals surface area contributed by atoms with E-state index in [4.69, 9.17) is 5.11 Å². The quantitative estimate of drug-likeness (QED) is 0.346. The summed E-state index contributed by atoms with van der Waals surface area (Å²) in [5.74, 6) is -2.14. The van der Waals surface area contributed by atoms with Crippen molar-refractivity contribution in [3.8, 4) is 0 Å². The zero-order chi connectivity index (χ0) is 16.7. The van der Waals surface area contributed by atoms with Crippen LogP contribution in [0.2, 0.25) is 0 Å². The molecule has 5 nitrogen and oxygen atoms in total. The van der Waals surface area contributed by atoms with Crippen molar-refractivity contribution in [2.45, 2.75) is 27.7 Å². The van der Waals surface area contributed by atoms with Gasteiger partial charge in [0.2, 0.25) is 0 Å². The molecule has 0 unspecified atom stereocenters. The van der Waals surface area contributed by atoms with Crippen molar-refractivity contribution in [3.63, 3.8) is 0 Å². The highest BCUT2D eigenvalue weighted by Gasteiger charge is 2.10. The molecule has 0 aromatic rings. The van der Waals surface area contributed by atoms with Gasteiger partial charge in [0.1, 0.15) is 0 Å². The number of carboxylic acid groups (broad SMARTS) is 1. The second-order valence-electron chi connectivity index (χ2n) is 4.03. The minimum absolute atomic E-state index is 0.579. The first-order chi connectivity index (χ1) is 9.02. The fraction of sp³-hybridized carbons (Fsp3) is 0.267. The van der Waals surface area contributed by atoms with Gasteiger partial charge in [-0.25, -0.2) is 14.4 Å². The summed E-state index contributed by atoms with van der Waals surface area (Å²) in [6.07, 6.45) is 3.00. The maximum atomic E-state index is 9.92. The van der Waals surface area contributed by atoms with Crippen molar-refractivity contribution in [1.82, 2.24) is 0 Å². The lowest BCUT2D eigenvalue weighted by atomic mass is 10.4. The van der Waals surface area contributed by atoms with Crippen LogP contribution in [-0.4, -0.2) is 23.0 Å². The molecule has 1 N–H and O–H groups in total. The Morgan fingerprint density at radius 1 is 1.05 bits per heavy atom. The van der Waals surface area contributed by atoms with Gasteiger partial charge in [0.25, 0.3) is 0 Å². The monoisotopic (exact) mass is 282 g/mol. The Bertz CT molecular complexity index is 366. The SMILES string of the molecule is C=C(C)C.C=C(C)C.C=CC(=O)O.O=C1C=CC(=O)O1. The molecule has 5 heteroatoms. The number of aliphatic carboxylic acids is 1. The third-order valence-corrected chi connectivity index (χ3v) is 0.731. The number of cyclic esters (lactones) is 2. The maximum absolute atomic E-state index is 9.92. The van der Waals surface area contributed by atoms with Crippen LogP contribution in [0.25, 0.3) is 0 Å². The fourth-order valence-corrected chi connectivity index (χ4v) is 0.303. The maximum Gasteiger partial charge on any atom is 0.338 e. The number of carbonyl (C=O) groups excluding carboxylic acids is 2. The molecule has 0 saturated carbocycles. The van der Waals surface area contributed by atoms with E-state index in [1.165, 1.54) is 11.1 Å². The van der Waals surface area contributed by atoms with Gasteiger partial charge in [-0.05, 0) is 27.7 Å². The average molecular weight is 282 g/mol. The molecule has 0 fully saturated rings. The number of ether oxygens (including phenoxy) is 1. The summed E-state index contributed by atoms with van der Waals surface area (Å²) < 4.78 is 3.97. The van der Waals surface area contributed by atoms with E-state index in [9.17, 15) is 14.4 Å². The van der Waals surface area contributed by atoms with Crippen molar-refractivity contribution in [3.05, 3.63) is 49.1 Å². The molecule has 112 valence electrons. The Morgan fingerprint density at radius 3 is 1.30 bits per heavy atom. The summed E-state index contributed by atoms with van der Waals surface area (Å²) in [7, 11) is 0. The molecule has 20 heavy (non-hydrogen) atoms. The van der Waals surface area contributed by atoms with E-state index in [0.29, 0.717) is 0 Å². The largest absolute Gasteiger partial charge is 0.478 e. The summed E-state index contributed by atoms with van der Waals surface area (Å²) in [5.41, 5.74) is 2.33. The number of hydrogen-bond donors (Lipinski definition) is 1. The second-order valence-corrected chi connectivity index (χ2v) is 4.03. The molecule has 0 aromatic heterocycles. The third kappa shape index (κ3) is 45.0. The first-order valence-electron chi connectivity index (χ1n) is 5.56. The molecule has 0 amide bonds. The molecule has 1 heterocycles. The Morgan fingerprint density at radius 2 is 1.25 bits per heavy atom. The van der Waals surface area contributed by atoms with Gasteiger partial charge in [-0.15, -0.1) is 13.2 Å². The lowest BCUT2D eigenvalue weighted by molar-refractivity contribution is -0.150. The standard InChI is InChI=1S/C4H2O3.2C4H8.C3H4O2/c5-3-1-2-4(6)7-3;2*1-4(2)3;1-2-3(4)5/h1-2H;2*1H2,2-3H3;2H,1H2,(H,4,5). The lowest BCUT2D eigenvalue weighted by Crippen LogP contribution is -1.96. The van der Waals surface area contributed by atoms with E-state index < -0.39 is 17.9 Å². The van der Waals surface area contributed by atoms with Crippen LogP contribution in [0.3, 0.4) is 0 Å². The Hall–Kier alpha value is -2.43. The summed E-state index contributed by atoms with van der Waals surface area (Å²) in [4.78, 5) is 29.1. The predicted molar refractivity (Wildman–Crippen MR) is 79.0 cm³/mol. The normalized spacial score (nSPS) is 10.4. The predicted octanol–water partition coefficient (Wildman–Crippen LogP) is 3.05. The number of esters is 2. The van der Waals surface area contributed by atoms with E-state index in [-0.39, 0.29) is 0 Å². The van der Waals surface area contributed by atoms with Crippen LogP contribution >= 0.6 is 0 Å². The van der Waals surface area contributed by atoms with Crippen LogP contribution in [0, 0.1) is 0 Å². The Balaban J connectivity index is -0.000000201. The van der Waals surface area contributed by atoms with E-state index in [2.05, 4.69) is 24.5 Å². The number of carboxylic acids is 1. The second kappa shape index (κ2) is 14.6. The van der Waals surface area contributed by atoms with Crippen molar-refractivity contribution < 1.29 is 24.2 Å². The van der Waals surface area contributed by atoms with Crippen molar-refractivity contribution in [2.75, 3.05) is 0 Å². The molecule has 0 aromatic carbocycles. The minimum Gasteiger partial charge on any atom is -0.478 e. The number of carbonyl (C=O) groups is 3. The minimum atomic E-state index is -0.981. The van der Waals surface area contributed by atoms with E-state index in [1.54, 1.807) is 0 Å². The van der Waals surface area contributed by atoms with Gasteiger partial charge >= 0.3 is 17.9 Å². The molecule has 1 aliphatic heterocycles. The van der Waals surface area contributed by atoms with Crippen LogP contribution in [0.5, 0.6) is 0 Å². The highest BCUT2D eigenvalue weighted by Crippen LogP contribution is 1.92. The molecule has 0 atom stereocenters. The van der Waals surface area contributed by atoms with Gasteiger partial charge in [0, 0.05) is 18.2 Å². The summed E-state index contributed by atoms with van der Waals surface area (Å²) in [5, 5.41) is 7.60. The molecule has 0 spiro atoms. The molecule has 0 radical (unpaired) electrons. The molecule has 0 saturated heterocycles. The van der Waals surface area contributed by atoms with Gasteiger partial charge in [-0.3, -0.25) is 0 Å². The van der Waals surface area contributed by atoms with Crippen LogP contribution in [-0.2, 0) is 19.1 Å². The molecule has 0 bridgehead atoms. The van der Waals surface area contributed by atoms with E-state index >= 15 is 0 Å². The first-order valence-corrected chi connectivity index (χ1v) is 5.56. The van der Waals surface area contributed by atoms with Gasteiger partial charge in [-0.2, -0.15) is 0 Å². The fourth-order valence-electron chi connectivity index (χ4n) is 0.303. The van der Waals surface area contributed by atoms with Crippen molar-refractivity contribution >= 4 is 17.9 Å². The highest BCUT2D eigenvalue weighted by molar-refractivity contribution is 6.04. The zero-order valence-electron chi connectivity index (χ0n) is 12.4. The topological polar surface area (TPSA) is 80.7 Å². The van der Waals surface area contributed by atoms with Crippen LogP contribution in [0.1, 0.15) is 27.7 Å². The molecular weight excluding hydrogens is 260 g/mol. The summed E-state index contributed by atoms with van der Waals surface area (Å²) in [6, 6.07) is 0. The number of allylic oxidation sites excluding steroid dienone is 2. The molecule has 1 rings (SSSR count). The van der Waals surface area contributed by atoms with Gasteiger partial charge in [0.05, 0.1) is 0 Å². The molecule has 0 aliphatic carbocycles. The van der Waals surface area contributed by atoms with Crippen molar-refractivity contribution in [1.29, 1.82) is 0 Å². The number of rotatable bonds is 1. The third-order valence-electron chi connectivity index (χ3n) is 0.731. The van der Waals surface area contributed by atoms with Crippen molar-refractivity contribution in [2.24, 2.45) is 0 Å². The van der Waals surface area contributed by atoms with E-state index in [1.807, 2.05) is 27.7 Å². The highest BCUT2D eigenvalue weighted by atomic mass is 16.6. The molecular formula is C15H22O5. The summed E-state index contributed by atoms with van der Waals surface area (Å²) in [6.45, 7) is 18.0. The van der Waals surface area contributed by atoms with Crippen LogP contribution in [0.4, 0.5) is 0 Å². The summed E-state index contributed by atoms with van der Waals surface area (Å²) >= 11 is 0. The van der Waals surface area contributed by atoms with Gasteiger partial charge in [0.15, 0.2) is 0 Å². The van der Waals surface area contributed by atoms with Gasteiger partial charge in [-0.1, -0.05) is 17.7 Å². The molecule has 1 aliphatic rings. The average Bonchev–Trinajstić information content (AvgIpc) is 2.61. The lowest BCUT2D eigenvalue weighted by Gasteiger charge is -1.80. The first kappa shape index (κ1) is 22.7.